The van der Waals surface area contributed by atoms with Crippen molar-refractivity contribution in [2.24, 2.45) is 5.92 Å². The summed E-state index contributed by atoms with van der Waals surface area (Å²) in [5.74, 6) is -0.208. The first-order valence-corrected chi connectivity index (χ1v) is 4.84. The van der Waals surface area contributed by atoms with Gasteiger partial charge >= 0.3 is 5.97 Å². The molecule has 0 amide bonds. The topological polar surface area (TPSA) is 40.5 Å². The number of hydrogen-bond acceptors (Lipinski definition) is 2. The van der Waals surface area contributed by atoms with E-state index in [9.17, 15) is 4.79 Å². The van der Waals surface area contributed by atoms with Crippen molar-refractivity contribution in [3.63, 3.8) is 0 Å². The van der Waals surface area contributed by atoms with Gasteiger partial charge in [0.15, 0.2) is 0 Å². The highest BCUT2D eigenvalue weighted by atomic mass is 16.4. The third-order valence-corrected chi connectivity index (χ3v) is 3.27. The number of carboxylic acid groups (broad SMARTS) is 1. The van der Waals surface area contributed by atoms with Gasteiger partial charge < -0.3 is 10.0 Å². The van der Waals surface area contributed by atoms with Crippen molar-refractivity contribution in [3.05, 3.63) is 11.1 Å². The zero-order chi connectivity index (χ0) is 9.42. The van der Waals surface area contributed by atoms with Crippen molar-refractivity contribution < 1.29 is 9.90 Å². The van der Waals surface area contributed by atoms with Gasteiger partial charge in [-0.3, -0.25) is 0 Å². The molecule has 13 heavy (non-hydrogen) atoms. The maximum absolute atomic E-state index is 10.8. The van der Waals surface area contributed by atoms with Gasteiger partial charge in [0, 0.05) is 18.7 Å². The minimum Gasteiger partial charge on any atom is -0.478 e. The van der Waals surface area contributed by atoms with Crippen LogP contribution in [0.1, 0.15) is 19.8 Å². The number of carboxylic acids is 1. The average molecular weight is 181 g/mol. The molecule has 0 spiro atoms. The Kier molecular flexibility index (Phi) is 2.12. The lowest BCUT2D eigenvalue weighted by Crippen LogP contribution is -2.28. The van der Waals surface area contributed by atoms with Gasteiger partial charge in [0.2, 0.25) is 0 Å². The van der Waals surface area contributed by atoms with Crippen LogP contribution in [0.15, 0.2) is 11.1 Å². The summed E-state index contributed by atoms with van der Waals surface area (Å²) in [6, 6.07) is 0. The Morgan fingerprint density at radius 3 is 3.00 bits per heavy atom. The third kappa shape index (κ3) is 1.48. The molecule has 2 unspecified atom stereocenters. The normalized spacial score (nSPS) is 36.1. The first-order valence-electron chi connectivity index (χ1n) is 4.84. The summed E-state index contributed by atoms with van der Waals surface area (Å²) in [6.07, 6.45) is 2.11. The molecule has 2 bridgehead atoms. The van der Waals surface area contributed by atoms with Crippen molar-refractivity contribution in [3.8, 4) is 0 Å². The maximum Gasteiger partial charge on any atom is 0.331 e. The molecule has 0 radical (unpaired) electrons. The molecule has 0 saturated carbocycles. The fourth-order valence-corrected chi connectivity index (χ4v) is 2.43. The summed E-state index contributed by atoms with van der Waals surface area (Å²) in [5, 5.41) is 8.89. The zero-order valence-corrected chi connectivity index (χ0v) is 7.92. The Morgan fingerprint density at radius 1 is 1.54 bits per heavy atom. The minimum atomic E-state index is -0.740. The van der Waals surface area contributed by atoms with Crippen LogP contribution in [-0.2, 0) is 4.79 Å². The number of piperidine rings is 1. The van der Waals surface area contributed by atoms with E-state index < -0.39 is 5.97 Å². The van der Waals surface area contributed by atoms with Crippen molar-refractivity contribution in [2.75, 3.05) is 19.6 Å². The number of carbonyl (C=O) groups is 1. The number of rotatable bonds is 1. The standard InChI is InChI=1S/C10H15NO2/c1-7(10(12)13)9-3-5-11-4-2-8(9)6-11/h8H,2-6H2,1H3,(H,12,13)/b9-7+. The van der Waals surface area contributed by atoms with E-state index in [1.807, 2.05) is 0 Å². The van der Waals surface area contributed by atoms with Crippen molar-refractivity contribution in [1.82, 2.24) is 4.90 Å². The Hall–Kier alpha value is -0.830. The van der Waals surface area contributed by atoms with Crippen LogP contribution in [0.3, 0.4) is 0 Å². The molecule has 2 saturated heterocycles. The largest absolute Gasteiger partial charge is 0.478 e. The van der Waals surface area contributed by atoms with Crippen LogP contribution in [0.5, 0.6) is 0 Å². The minimum absolute atomic E-state index is 0.532. The lowest BCUT2D eigenvalue weighted by molar-refractivity contribution is -0.132. The molecule has 3 nitrogen and oxygen atoms in total. The number of aliphatic carboxylic acids is 1. The molecule has 0 aromatic heterocycles. The Labute approximate surface area is 78.0 Å². The van der Waals surface area contributed by atoms with Gasteiger partial charge in [0.25, 0.3) is 0 Å². The molecule has 2 fully saturated rings. The second-order valence-corrected chi connectivity index (χ2v) is 3.99. The van der Waals surface area contributed by atoms with E-state index in [-0.39, 0.29) is 0 Å². The van der Waals surface area contributed by atoms with E-state index in [2.05, 4.69) is 4.90 Å². The van der Waals surface area contributed by atoms with Crippen molar-refractivity contribution >= 4 is 5.97 Å². The number of fused-ring (bicyclic) bond motifs is 2. The van der Waals surface area contributed by atoms with E-state index in [1.54, 1.807) is 6.92 Å². The van der Waals surface area contributed by atoms with Crippen LogP contribution in [-0.4, -0.2) is 35.6 Å². The molecule has 72 valence electrons. The lowest BCUT2D eigenvalue weighted by Gasteiger charge is -2.25. The summed E-state index contributed by atoms with van der Waals surface area (Å²) in [7, 11) is 0. The molecule has 1 N–H and O–H groups in total. The van der Waals surface area contributed by atoms with E-state index in [1.165, 1.54) is 5.57 Å². The Bertz CT molecular complexity index is 270. The highest BCUT2D eigenvalue weighted by Crippen LogP contribution is 2.33. The summed E-state index contributed by atoms with van der Waals surface area (Å²) >= 11 is 0. The fraction of sp³-hybridized carbons (Fsp3) is 0.700. The quantitative estimate of drug-likeness (QED) is 0.616. The lowest BCUT2D eigenvalue weighted by atomic mass is 9.90. The summed E-state index contributed by atoms with van der Waals surface area (Å²) in [5.41, 5.74) is 1.79. The molecule has 2 aliphatic heterocycles. The molecule has 2 aliphatic rings. The first-order chi connectivity index (χ1) is 6.18. The van der Waals surface area contributed by atoms with Crippen molar-refractivity contribution in [1.29, 1.82) is 0 Å². The number of nitrogens with zero attached hydrogens (tertiary/aromatic N) is 1. The molecular formula is C10H15NO2. The van der Waals surface area contributed by atoms with Gasteiger partial charge in [-0.15, -0.1) is 0 Å². The zero-order valence-electron chi connectivity index (χ0n) is 7.92. The van der Waals surface area contributed by atoms with Gasteiger partial charge in [-0.2, -0.15) is 0 Å². The first kappa shape index (κ1) is 8.75. The molecular weight excluding hydrogens is 166 g/mol. The SMILES string of the molecule is C/C(C(=O)O)=C1/CCN2CCC1C2. The van der Waals surface area contributed by atoms with E-state index in [0.29, 0.717) is 11.5 Å². The highest BCUT2D eigenvalue weighted by molar-refractivity contribution is 5.87. The molecule has 0 aromatic rings. The highest BCUT2D eigenvalue weighted by Gasteiger charge is 2.31. The molecule has 0 aromatic carbocycles. The van der Waals surface area contributed by atoms with Crippen LogP contribution in [0, 0.1) is 5.92 Å². The van der Waals surface area contributed by atoms with Gasteiger partial charge in [-0.1, -0.05) is 5.57 Å². The summed E-state index contributed by atoms with van der Waals surface area (Å²) in [4.78, 5) is 13.2. The summed E-state index contributed by atoms with van der Waals surface area (Å²) in [6.45, 7) is 5.03. The Balaban J connectivity index is 2.24. The molecule has 3 heteroatoms. The predicted molar refractivity (Wildman–Crippen MR) is 49.5 cm³/mol. The second-order valence-electron chi connectivity index (χ2n) is 3.99. The van der Waals surface area contributed by atoms with Gasteiger partial charge in [-0.25, -0.2) is 4.79 Å². The summed E-state index contributed by atoms with van der Waals surface area (Å²) < 4.78 is 0. The van der Waals surface area contributed by atoms with E-state index >= 15 is 0 Å². The monoisotopic (exact) mass is 181 g/mol. The van der Waals surface area contributed by atoms with E-state index in [0.717, 1.165) is 32.5 Å². The number of hydrogen-bond donors (Lipinski definition) is 1. The predicted octanol–water partition coefficient (Wildman–Crippen LogP) is 1.11. The molecule has 2 atom stereocenters. The van der Waals surface area contributed by atoms with Crippen LogP contribution in [0.25, 0.3) is 0 Å². The van der Waals surface area contributed by atoms with Crippen LogP contribution in [0.4, 0.5) is 0 Å². The van der Waals surface area contributed by atoms with Gasteiger partial charge in [-0.05, 0) is 32.2 Å². The van der Waals surface area contributed by atoms with Crippen LogP contribution >= 0.6 is 0 Å². The van der Waals surface area contributed by atoms with E-state index in [4.69, 9.17) is 5.11 Å². The molecule has 0 aliphatic carbocycles. The van der Waals surface area contributed by atoms with Gasteiger partial charge in [0.05, 0.1) is 0 Å². The van der Waals surface area contributed by atoms with Crippen molar-refractivity contribution in [2.45, 2.75) is 19.8 Å². The van der Waals surface area contributed by atoms with Crippen LogP contribution in [0.2, 0.25) is 0 Å². The van der Waals surface area contributed by atoms with Crippen LogP contribution < -0.4 is 0 Å². The fourth-order valence-electron chi connectivity index (χ4n) is 2.43. The molecule has 2 heterocycles. The molecule has 2 rings (SSSR count). The second kappa shape index (κ2) is 3.14. The Morgan fingerprint density at radius 2 is 2.31 bits per heavy atom. The van der Waals surface area contributed by atoms with Gasteiger partial charge in [0.1, 0.15) is 0 Å². The smallest absolute Gasteiger partial charge is 0.331 e. The average Bonchev–Trinajstić information content (AvgIpc) is 2.47. The maximum atomic E-state index is 10.8. The third-order valence-electron chi connectivity index (χ3n) is 3.27.